The van der Waals surface area contributed by atoms with Gasteiger partial charge in [0, 0.05) is 11.6 Å². The lowest BCUT2D eigenvalue weighted by Gasteiger charge is -2.08. The molecule has 0 amide bonds. The van der Waals surface area contributed by atoms with Crippen LogP contribution in [0.5, 0.6) is 5.75 Å². The fourth-order valence-corrected chi connectivity index (χ4v) is 1.62. The van der Waals surface area contributed by atoms with Crippen LogP contribution >= 0.6 is 0 Å². The number of carbonyl (C=O) groups is 1. The van der Waals surface area contributed by atoms with Crippen molar-refractivity contribution in [2.75, 3.05) is 19.0 Å². The number of nitrogens with one attached hydrogen (secondary N) is 1. The minimum atomic E-state index is -0.947. The number of aliphatic carboxylic acids is 1. The van der Waals surface area contributed by atoms with E-state index in [-0.39, 0.29) is 6.54 Å². The van der Waals surface area contributed by atoms with Crippen molar-refractivity contribution < 1.29 is 14.6 Å². The highest BCUT2D eigenvalue weighted by Crippen LogP contribution is 2.28. The van der Waals surface area contributed by atoms with E-state index in [1.807, 2.05) is 24.3 Å². The van der Waals surface area contributed by atoms with Gasteiger partial charge in [-0.15, -0.1) is 0 Å². The van der Waals surface area contributed by atoms with Crippen molar-refractivity contribution in [3.63, 3.8) is 0 Å². The van der Waals surface area contributed by atoms with Crippen molar-refractivity contribution in [1.82, 2.24) is 9.97 Å². The Bertz CT molecular complexity index is 587. The summed E-state index contributed by atoms with van der Waals surface area (Å²) in [7, 11) is 1.59. The van der Waals surface area contributed by atoms with Gasteiger partial charge in [-0.05, 0) is 12.1 Å². The Morgan fingerprint density at radius 1 is 1.37 bits per heavy atom. The summed E-state index contributed by atoms with van der Waals surface area (Å²) < 4.78 is 5.26. The van der Waals surface area contributed by atoms with Crippen LogP contribution in [-0.4, -0.2) is 34.7 Å². The monoisotopic (exact) mass is 259 g/mol. The number of anilines is 1. The number of carboxylic acids is 1. The standard InChI is InChI=1S/C13H13N3O3/c1-19-11-5-3-2-4-9(11)10-6-12(16-8-15-10)14-7-13(17)18/h2-6,8H,7H2,1H3,(H,17,18)(H,14,15,16). The molecule has 0 saturated carbocycles. The van der Waals surface area contributed by atoms with Crippen LogP contribution in [0.3, 0.4) is 0 Å². The summed E-state index contributed by atoms with van der Waals surface area (Å²) >= 11 is 0. The largest absolute Gasteiger partial charge is 0.496 e. The number of methoxy groups -OCH3 is 1. The van der Waals surface area contributed by atoms with E-state index >= 15 is 0 Å². The first-order valence-electron chi connectivity index (χ1n) is 5.62. The maximum atomic E-state index is 10.5. The van der Waals surface area contributed by atoms with Gasteiger partial charge in [0.1, 0.15) is 24.4 Å². The number of carboxylic acid groups (broad SMARTS) is 1. The topological polar surface area (TPSA) is 84.3 Å². The van der Waals surface area contributed by atoms with Crippen LogP contribution in [0.1, 0.15) is 0 Å². The molecule has 19 heavy (non-hydrogen) atoms. The average Bonchev–Trinajstić information content (AvgIpc) is 2.45. The first-order chi connectivity index (χ1) is 9.20. The van der Waals surface area contributed by atoms with Crippen LogP contribution < -0.4 is 10.1 Å². The lowest BCUT2D eigenvalue weighted by molar-refractivity contribution is -0.134. The SMILES string of the molecule is COc1ccccc1-c1cc(NCC(=O)O)ncn1. The number of hydrogen-bond donors (Lipinski definition) is 2. The zero-order valence-electron chi connectivity index (χ0n) is 10.3. The van der Waals surface area contributed by atoms with Gasteiger partial charge in [-0.1, -0.05) is 12.1 Å². The molecule has 6 heteroatoms. The van der Waals surface area contributed by atoms with E-state index in [0.717, 1.165) is 5.56 Å². The Morgan fingerprint density at radius 2 is 2.16 bits per heavy atom. The van der Waals surface area contributed by atoms with Gasteiger partial charge in [0.05, 0.1) is 12.8 Å². The quantitative estimate of drug-likeness (QED) is 0.849. The van der Waals surface area contributed by atoms with E-state index in [0.29, 0.717) is 17.3 Å². The molecule has 0 saturated heterocycles. The summed E-state index contributed by atoms with van der Waals surface area (Å²) in [6, 6.07) is 9.14. The van der Waals surface area contributed by atoms with Gasteiger partial charge in [0.25, 0.3) is 0 Å². The molecule has 0 bridgehead atoms. The predicted octanol–water partition coefficient (Wildman–Crippen LogP) is 1.65. The number of ether oxygens (including phenoxy) is 1. The summed E-state index contributed by atoms with van der Waals surface area (Å²) in [5, 5.41) is 11.3. The minimum Gasteiger partial charge on any atom is -0.496 e. The summed E-state index contributed by atoms with van der Waals surface area (Å²) in [5.74, 6) is 0.209. The predicted molar refractivity (Wildman–Crippen MR) is 70.1 cm³/mol. The number of benzene rings is 1. The Kier molecular flexibility index (Phi) is 3.92. The van der Waals surface area contributed by atoms with Crippen molar-refractivity contribution in [2.24, 2.45) is 0 Å². The minimum absolute atomic E-state index is 0.192. The molecule has 2 aromatic rings. The summed E-state index contributed by atoms with van der Waals surface area (Å²) in [5.41, 5.74) is 1.49. The highest BCUT2D eigenvalue weighted by molar-refractivity contribution is 5.73. The lowest BCUT2D eigenvalue weighted by Crippen LogP contribution is -2.13. The van der Waals surface area contributed by atoms with Crippen LogP contribution in [0.25, 0.3) is 11.3 Å². The van der Waals surface area contributed by atoms with Crippen molar-refractivity contribution in [3.8, 4) is 17.0 Å². The number of hydrogen-bond acceptors (Lipinski definition) is 5. The van der Waals surface area contributed by atoms with Gasteiger partial charge in [-0.3, -0.25) is 4.79 Å². The zero-order valence-corrected chi connectivity index (χ0v) is 10.3. The second-order valence-corrected chi connectivity index (χ2v) is 3.74. The van der Waals surface area contributed by atoms with Crippen molar-refractivity contribution in [1.29, 1.82) is 0 Å². The van der Waals surface area contributed by atoms with Crippen LogP contribution in [0.2, 0.25) is 0 Å². The molecular formula is C13H13N3O3. The Hall–Kier alpha value is -2.63. The van der Waals surface area contributed by atoms with Crippen molar-refractivity contribution in [3.05, 3.63) is 36.7 Å². The van der Waals surface area contributed by atoms with E-state index in [1.165, 1.54) is 6.33 Å². The maximum absolute atomic E-state index is 10.5. The van der Waals surface area contributed by atoms with Gasteiger partial charge < -0.3 is 15.2 Å². The second kappa shape index (κ2) is 5.81. The van der Waals surface area contributed by atoms with Crippen LogP contribution in [0.4, 0.5) is 5.82 Å². The van der Waals surface area contributed by atoms with Crippen LogP contribution in [0.15, 0.2) is 36.7 Å². The molecule has 98 valence electrons. The van der Waals surface area contributed by atoms with E-state index in [1.54, 1.807) is 13.2 Å². The highest BCUT2D eigenvalue weighted by atomic mass is 16.5. The first kappa shape index (κ1) is 12.8. The highest BCUT2D eigenvalue weighted by Gasteiger charge is 2.07. The molecule has 0 aliphatic rings. The Morgan fingerprint density at radius 3 is 2.89 bits per heavy atom. The van der Waals surface area contributed by atoms with Gasteiger partial charge in [-0.2, -0.15) is 0 Å². The average molecular weight is 259 g/mol. The summed E-state index contributed by atoms with van der Waals surface area (Å²) in [6.07, 6.45) is 1.38. The van der Waals surface area contributed by atoms with E-state index in [4.69, 9.17) is 9.84 Å². The van der Waals surface area contributed by atoms with Gasteiger partial charge in [0.2, 0.25) is 0 Å². The maximum Gasteiger partial charge on any atom is 0.322 e. The molecule has 6 nitrogen and oxygen atoms in total. The fourth-order valence-electron chi connectivity index (χ4n) is 1.62. The lowest BCUT2D eigenvalue weighted by atomic mass is 10.1. The molecule has 2 N–H and O–H groups in total. The third kappa shape index (κ3) is 3.19. The van der Waals surface area contributed by atoms with Gasteiger partial charge in [0.15, 0.2) is 0 Å². The second-order valence-electron chi connectivity index (χ2n) is 3.74. The van der Waals surface area contributed by atoms with Gasteiger partial charge in [-0.25, -0.2) is 9.97 Å². The number of aromatic nitrogens is 2. The summed E-state index contributed by atoms with van der Waals surface area (Å²) in [6.45, 7) is -0.192. The fraction of sp³-hybridized carbons (Fsp3) is 0.154. The molecule has 0 radical (unpaired) electrons. The third-order valence-electron chi connectivity index (χ3n) is 2.47. The molecule has 2 rings (SSSR count). The molecule has 1 heterocycles. The molecule has 0 unspecified atom stereocenters. The smallest absolute Gasteiger partial charge is 0.322 e. The Labute approximate surface area is 110 Å². The molecule has 0 aliphatic carbocycles. The molecule has 0 fully saturated rings. The van der Waals surface area contributed by atoms with Crippen LogP contribution in [0, 0.1) is 0 Å². The number of para-hydroxylation sites is 1. The number of nitrogens with zero attached hydrogens (tertiary/aromatic N) is 2. The van der Waals surface area contributed by atoms with Gasteiger partial charge >= 0.3 is 5.97 Å². The van der Waals surface area contributed by atoms with Crippen molar-refractivity contribution in [2.45, 2.75) is 0 Å². The zero-order chi connectivity index (χ0) is 13.7. The van der Waals surface area contributed by atoms with Crippen LogP contribution in [-0.2, 0) is 4.79 Å². The normalized spacial score (nSPS) is 9.95. The first-order valence-corrected chi connectivity index (χ1v) is 5.62. The van der Waals surface area contributed by atoms with E-state index in [9.17, 15) is 4.79 Å². The molecule has 0 aliphatic heterocycles. The molecular weight excluding hydrogens is 246 g/mol. The molecule has 0 atom stereocenters. The molecule has 0 spiro atoms. The van der Waals surface area contributed by atoms with E-state index < -0.39 is 5.97 Å². The van der Waals surface area contributed by atoms with E-state index in [2.05, 4.69) is 15.3 Å². The van der Waals surface area contributed by atoms with Crippen molar-refractivity contribution >= 4 is 11.8 Å². The summed E-state index contributed by atoms with van der Waals surface area (Å²) in [4.78, 5) is 18.6. The Balaban J connectivity index is 2.29. The molecule has 1 aromatic heterocycles. The number of rotatable bonds is 5. The third-order valence-corrected chi connectivity index (χ3v) is 2.47. The molecule has 1 aromatic carbocycles.